The summed E-state index contributed by atoms with van der Waals surface area (Å²) in [6, 6.07) is 5.98. The second-order valence-electron chi connectivity index (χ2n) is 6.66. The number of aliphatic hydroxyl groups excluding tert-OH is 1. The van der Waals surface area contributed by atoms with Crippen LogP contribution in [0.5, 0.6) is 0 Å². The molecule has 1 unspecified atom stereocenters. The summed E-state index contributed by atoms with van der Waals surface area (Å²) in [6.45, 7) is 8.08. The highest BCUT2D eigenvalue weighted by atomic mass is 16.3. The monoisotopic (exact) mass is 392 g/mol. The van der Waals surface area contributed by atoms with Gasteiger partial charge in [0.25, 0.3) is 0 Å². The fourth-order valence-electron chi connectivity index (χ4n) is 3.37. The van der Waals surface area contributed by atoms with Crippen molar-refractivity contribution in [3.63, 3.8) is 0 Å². The molecule has 0 bridgehead atoms. The van der Waals surface area contributed by atoms with Crippen LogP contribution in [-0.2, 0) is 0 Å². The van der Waals surface area contributed by atoms with Crippen LogP contribution in [0.25, 0.3) is 27.7 Å². The van der Waals surface area contributed by atoms with Gasteiger partial charge in [0, 0.05) is 42.0 Å². The zero-order valence-electron chi connectivity index (χ0n) is 17.6. The molecule has 4 heterocycles. The van der Waals surface area contributed by atoms with E-state index in [1.54, 1.807) is 6.33 Å². The Morgan fingerprint density at radius 1 is 1.07 bits per heavy atom. The summed E-state index contributed by atoms with van der Waals surface area (Å²) >= 11 is 0. The first kappa shape index (κ1) is 20.7. The molecule has 0 fully saturated rings. The van der Waals surface area contributed by atoms with Crippen LogP contribution in [0.4, 0.5) is 5.82 Å². The van der Waals surface area contributed by atoms with Gasteiger partial charge in [-0.15, -0.1) is 0 Å². The Morgan fingerprint density at radius 3 is 2.55 bits per heavy atom. The Hall–Kier alpha value is -3.06. The maximum atomic E-state index is 10.2. The minimum atomic E-state index is -0.531. The minimum absolute atomic E-state index is 0.531. The van der Waals surface area contributed by atoms with Crippen molar-refractivity contribution in [1.29, 1.82) is 0 Å². The molecule has 7 nitrogen and oxygen atoms in total. The summed E-state index contributed by atoms with van der Waals surface area (Å²) in [5.41, 5.74) is 5.37. The number of aliphatic hydroxyl groups is 1. The molecule has 4 rings (SSSR count). The molecule has 152 valence electrons. The molecule has 4 aromatic heterocycles. The van der Waals surface area contributed by atoms with Crippen LogP contribution in [0.1, 0.15) is 51.0 Å². The van der Waals surface area contributed by atoms with Crippen LogP contribution in [0.2, 0.25) is 0 Å². The third-order valence-corrected chi connectivity index (χ3v) is 4.81. The maximum absolute atomic E-state index is 10.2. The van der Waals surface area contributed by atoms with Gasteiger partial charge < -0.3 is 10.4 Å². The highest BCUT2D eigenvalue weighted by Crippen LogP contribution is 2.31. The molecular formula is C22H28N6O. The van der Waals surface area contributed by atoms with E-state index in [-0.39, 0.29) is 0 Å². The topological polar surface area (TPSA) is 88.2 Å². The Balaban J connectivity index is 0.00000117. The van der Waals surface area contributed by atoms with Crippen LogP contribution in [0.15, 0.2) is 36.9 Å². The molecule has 0 aliphatic carbocycles. The fraction of sp³-hybridized carbons (Fsp3) is 0.364. The van der Waals surface area contributed by atoms with Crippen molar-refractivity contribution in [2.24, 2.45) is 0 Å². The number of hydrogen-bond donors (Lipinski definition) is 2. The van der Waals surface area contributed by atoms with E-state index < -0.39 is 6.10 Å². The summed E-state index contributed by atoms with van der Waals surface area (Å²) in [5.74, 6) is 0.777. The van der Waals surface area contributed by atoms with Gasteiger partial charge in [0.05, 0.1) is 17.3 Å². The first-order valence-electron chi connectivity index (χ1n) is 10.1. The lowest BCUT2D eigenvalue weighted by Gasteiger charge is -2.13. The van der Waals surface area contributed by atoms with Gasteiger partial charge >= 0.3 is 0 Å². The van der Waals surface area contributed by atoms with E-state index in [9.17, 15) is 5.11 Å². The molecule has 1 atom stereocenters. The lowest BCUT2D eigenvalue weighted by Crippen LogP contribution is -2.02. The molecule has 0 aromatic carbocycles. The number of hydrogen-bond acceptors (Lipinski definition) is 6. The van der Waals surface area contributed by atoms with Crippen molar-refractivity contribution in [3.8, 4) is 11.1 Å². The van der Waals surface area contributed by atoms with E-state index in [0.29, 0.717) is 12.1 Å². The van der Waals surface area contributed by atoms with E-state index in [4.69, 9.17) is 0 Å². The Kier molecular flexibility index (Phi) is 6.39. The quantitative estimate of drug-likeness (QED) is 0.518. The smallest absolute Gasteiger partial charge is 0.163 e. The lowest BCUT2D eigenvalue weighted by molar-refractivity contribution is 0.161. The number of aryl methyl sites for hydroxylation is 1. The summed E-state index contributed by atoms with van der Waals surface area (Å²) in [5, 5.41) is 18.7. The van der Waals surface area contributed by atoms with Crippen molar-refractivity contribution in [2.75, 3.05) is 12.4 Å². The SMILES string of the molecule is CC.CCCC(O)c1cc(C)c(-c2cc3cnc(NC)cc3n3ncnc23)cn1. The summed E-state index contributed by atoms with van der Waals surface area (Å²) in [7, 11) is 1.84. The number of anilines is 1. The number of nitrogens with one attached hydrogen (secondary N) is 1. The van der Waals surface area contributed by atoms with Gasteiger partial charge in [-0.3, -0.25) is 4.98 Å². The standard InChI is InChI=1S/C20H22N6O.C2H6/c1-4-5-18(27)16-6-12(2)15(10-22-16)14-7-13-9-23-19(21-3)8-17(13)26-20(14)24-11-25-26;1-2/h6-11,18,27H,4-5H2,1-3H3,(H,21,23);1-2H3. The van der Waals surface area contributed by atoms with Gasteiger partial charge in [-0.25, -0.2) is 14.5 Å². The largest absolute Gasteiger partial charge is 0.387 e. The van der Waals surface area contributed by atoms with Crippen LogP contribution < -0.4 is 5.32 Å². The van der Waals surface area contributed by atoms with Crippen molar-refractivity contribution in [2.45, 2.75) is 46.6 Å². The van der Waals surface area contributed by atoms with E-state index in [0.717, 1.165) is 45.5 Å². The maximum Gasteiger partial charge on any atom is 0.163 e. The molecule has 0 radical (unpaired) electrons. The zero-order valence-corrected chi connectivity index (χ0v) is 17.6. The molecule has 0 spiro atoms. The van der Waals surface area contributed by atoms with Crippen LogP contribution in [-0.4, -0.2) is 36.7 Å². The van der Waals surface area contributed by atoms with Gasteiger partial charge in [-0.05, 0) is 31.0 Å². The molecule has 29 heavy (non-hydrogen) atoms. The summed E-state index contributed by atoms with van der Waals surface area (Å²) in [6.07, 6.45) is 6.28. The van der Waals surface area contributed by atoms with Crippen molar-refractivity contribution < 1.29 is 5.11 Å². The van der Waals surface area contributed by atoms with Gasteiger partial charge in [0.2, 0.25) is 0 Å². The van der Waals surface area contributed by atoms with E-state index in [1.165, 1.54) is 0 Å². The van der Waals surface area contributed by atoms with E-state index in [2.05, 4.69) is 38.4 Å². The van der Waals surface area contributed by atoms with Crippen LogP contribution in [0.3, 0.4) is 0 Å². The molecular weight excluding hydrogens is 364 g/mol. The second-order valence-corrected chi connectivity index (χ2v) is 6.66. The zero-order chi connectivity index (χ0) is 21.0. The van der Waals surface area contributed by atoms with E-state index in [1.807, 2.05) is 56.9 Å². The first-order chi connectivity index (χ1) is 14.1. The van der Waals surface area contributed by atoms with Gasteiger partial charge in [-0.1, -0.05) is 27.2 Å². The molecule has 4 aromatic rings. The number of nitrogens with zero attached hydrogens (tertiary/aromatic N) is 5. The van der Waals surface area contributed by atoms with Crippen LogP contribution in [0, 0.1) is 6.92 Å². The predicted molar refractivity (Wildman–Crippen MR) is 117 cm³/mol. The molecule has 0 aliphatic heterocycles. The Labute approximate surface area is 170 Å². The summed E-state index contributed by atoms with van der Waals surface area (Å²) < 4.78 is 1.83. The highest BCUT2D eigenvalue weighted by Gasteiger charge is 2.16. The molecule has 0 aliphatic rings. The average Bonchev–Trinajstić information content (AvgIpc) is 3.25. The number of pyridine rings is 3. The van der Waals surface area contributed by atoms with Crippen molar-refractivity contribution in [3.05, 3.63) is 48.2 Å². The molecule has 0 saturated heterocycles. The van der Waals surface area contributed by atoms with Gasteiger partial charge in [-0.2, -0.15) is 5.10 Å². The second kappa shape index (κ2) is 8.96. The fourth-order valence-corrected chi connectivity index (χ4v) is 3.37. The molecule has 7 heteroatoms. The Bertz CT molecular complexity index is 1120. The van der Waals surface area contributed by atoms with Crippen molar-refractivity contribution in [1.82, 2.24) is 24.6 Å². The number of rotatable bonds is 5. The van der Waals surface area contributed by atoms with Gasteiger partial charge in [0.15, 0.2) is 5.65 Å². The number of fused-ring (bicyclic) bond motifs is 3. The first-order valence-corrected chi connectivity index (χ1v) is 10.1. The molecule has 0 saturated carbocycles. The Morgan fingerprint density at radius 2 is 1.86 bits per heavy atom. The lowest BCUT2D eigenvalue weighted by atomic mass is 10.00. The normalized spacial score (nSPS) is 11.9. The minimum Gasteiger partial charge on any atom is -0.387 e. The molecule has 2 N–H and O–H groups in total. The third kappa shape index (κ3) is 3.91. The van der Waals surface area contributed by atoms with Crippen LogP contribution >= 0.6 is 0 Å². The predicted octanol–water partition coefficient (Wildman–Crippen LogP) is 4.55. The third-order valence-electron chi connectivity index (χ3n) is 4.81. The molecule has 0 amide bonds. The summed E-state index contributed by atoms with van der Waals surface area (Å²) in [4.78, 5) is 13.4. The van der Waals surface area contributed by atoms with Gasteiger partial charge in [0.1, 0.15) is 12.1 Å². The van der Waals surface area contributed by atoms with Crippen molar-refractivity contribution >= 4 is 22.4 Å². The van der Waals surface area contributed by atoms with E-state index >= 15 is 0 Å². The average molecular weight is 393 g/mol. The number of aromatic nitrogens is 5. The highest BCUT2D eigenvalue weighted by molar-refractivity contribution is 5.92.